The Labute approximate surface area is 122 Å². The van der Waals surface area contributed by atoms with Gasteiger partial charge in [-0.05, 0) is 55.2 Å². The molecule has 1 fully saturated rings. The monoisotopic (exact) mass is 279 g/mol. The van der Waals surface area contributed by atoms with E-state index in [1.54, 1.807) is 5.56 Å². The molecule has 2 rings (SSSR count). The predicted octanol–water partition coefficient (Wildman–Crippen LogP) is 5.31. The van der Waals surface area contributed by atoms with Gasteiger partial charge < -0.3 is 5.32 Å². The van der Waals surface area contributed by atoms with Gasteiger partial charge in [-0.25, -0.2) is 0 Å². The Bertz CT molecular complexity index is 363. The first-order valence-electron chi connectivity index (χ1n) is 8.03. The maximum Gasteiger partial charge on any atom is 0.0359 e. The van der Waals surface area contributed by atoms with Crippen molar-refractivity contribution in [2.24, 2.45) is 11.8 Å². The van der Waals surface area contributed by atoms with Crippen LogP contribution in [0.1, 0.15) is 68.9 Å². The Morgan fingerprint density at radius 1 is 1.26 bits per heavy atom. The minimum atomic E-state index is 0.596. The van der Waals surface area contributed by atoms with Gasteiger partial charge in [0.2, 0.25) is 0 Å². The molecular weight excluding hydrogens is 250 g/mol. The SMILES string of the molecule is CCCC1CCC(C(NCC)c2ccsc2C)CC1. The van der Waals surface area contributed by atoms with Crippen LogP contribution >= 0.6 is 11.3 Å². The Hall–Kier alpha value is -0.340. The lowest BCUT2D eigenvalue weighted by Crippen LogP contribution is -2.31. The van der Waals surface area contributed by atoms with Crippen LogP contribution in [0.3, 0.4) is 0 Å². The van der Waals surface area contributed by atoms with Gasteiger partial charge >= 0.3 is 0 Å². The molecule has 1 aromatic rings. The summed E-state index contributed by atoms with van der Waals surface area (Å²) in [5.74, 6) is 1.86. The quantitative estimate of drug-likeness (QED) is 0.743. The number of hydrogen-bond acceptors (Lipinski definition) is 2. The summed E-state index contributed by atoms with van der Waals surface area (Å²) < 4.78 is 0. The zero-order chi connectivity index (χ0) is 13.7. The van der Waals surface area contributed by atoms with Crippen molar-refractivity contribution in [2.45, 2.75) is 65.3 Å². The lowest BCUT2D eigenvalue weighted by molar-refractivity contribution is 0.215. The van der Waals surface area contributed by atoms with Gasteiger partial charge in [-0.3, -0.25) is 0 Å². The molecule has 0 aromatic carbocycles. The van der Waals surface area contributed by atoms with Gasteiger partial charge in [0.15, 0.2) is 0 Å². The molecule has 1 aromatic heterocycles. The number of hydrogen-bond donors (Lipinski definition) is 1. The number of thiophene rings is 1. The van der Waals surface area contributed by atoms with Crippen molar-refractivity contribution in [2.75, 3.05) is 6.54 Å². The highest BCUT2D eigenvalue weighted by atomic mass is 32.1. The lowest BCUT2D eigenvalue weighted by Gasteiger charge is -2.34. The van der Waals surface area contributed by atoms with Crippen LogP contribution in [0.4, 0.5) is 0 Å². The van der Waals surface area contributed by atoms with E-state index in [2.05, 4.69) is 37.5 Å². The van der Waals surface area contributed by atoms with E-state index in [1.165, 1.54) is 43.4 Å². The molecule has 1 nitrogen and oxygen atoms in total. The third kappa shape index (κ3) is 3.82. The van der Waals surface area contributed by atoms with E-state index in [-0.39, 0.29) is 0 Å². The van der Waals surface area contributed by atoms with Gasteiger partial charge in [0.1, 0.15) is 0 Å². The van der Waals surface area contributed by atoms with Crippen molar-refractivity contribution in [1.82, 2.24) is 5.32 Å². The summed E-state index contributed by atoms with van der Waals surface area (Å²) in [5.41, 5.74) is 1.56. The minimum absolute atomic E-state index is 0.596. The van der Waals surface area contributed by atoms with E-state index < -0.39 is 0 Å². The molecule has 1 unspecified atom stereocenters. The van der Waals surface area contributed by atoms with Crippen molar-refractivity contribution in [3.8, 4) is 0 Å². The smallest absolute Gasteiger partial charge is 0.0359 e. The van der Waals surface area contributed by atoms with Crippen molar-refractivity contribution >= 4 is 11.3 Å². The van der Waals surface area contributed by atoms with E-state index in [0.29, 0.717) is 6.04 Å². The molecular formula is C17H29NS. The molecule has 1 N–H and O–H groups in total. The van der Waals surface area contributed by atoms with Crippen molar-refractivity contribution in [3.63, 3.8) is 0 Å². The van der Waals surface area contributed by atoms with Crippen LogP contribution in [0.2, 0.25) is 0 Å². The molecule has 0 amide bonds. The normalized spacial score (nSPS) is 25.4. The molecule has 1 aliphatic carbocycles. The first-order valence-corrected chi connectivity index (χ1v) is 8.91. The van der Waals surface area contributed by atoms with Gasteiger partial charge in [-0.2, -0.15) is 0 Å². The van der Waals surface area contributed by atoms with Gasteiger partial charge in [-0.1, -0.05) is 39.5 Å². The maximum absolute atomic E-state index is 3.75. The molecule has 0 aliphatic heterocycles. The molecule has 108 valence electrons. The highest BCUT2D eigenvalue weighted by Crippen LogP contribution is 2.39. The third-order valence-electron chi connectivity index (χ3n) is 4.72. The number of nitrogens with one attached hydrogen (secondary N) is 1. The summed E-state index contributed by atoms with van der Waals surface area (Å²) in [6, 6.07) is 2.93. The highest BCUT2D eigenvalue weighted by molar-refractivity contribution is 7.10. The Morgan fingerprint density at radius 3 is 2.53 bits per heavy atom. The van der Waals surface area contributed by atoms with Crippen molar-refractivity contribution in [1.29, 1.82) is 0 Å². The minimum Gasteiger partial charge on any atom is -0.310 e. The van der Waals surface area contributed by atoms with E-state index in [9.17, 15) is 0 Å². The molecule has 1 atom stereocenters. The molecule has 0 saturated heterocycles. The van der Waals surface area contributed by atoms with E-state index in [0.717, 1.165) is 18.4 Å². The van der Waals surface area contributed by atoms with Crippen molar-refractivity contribution in [3.05, 3.63) is 21.9 Å². The Morgan fingerprint density at radius 2 is 2.00 bits per heavy atom. The zero-order valence-electron chi connectivity index (χ0n) is 12.7. The average molecular weight is 279 g/mol. The van der Waals surface area contributed by atoms with Crippen LogP contribution in [0.15, 0.2) is 11.4 Å². The lowest BCUT2D eigenvalue weighted by atomic mass is 9.75. The molecule has 0 bridgehead atoms. The van der Waals surface area contributed by atoms with Crippen LogP contribution < -0.4 is 5.32 Å². The summed E-state index contributed by atoms with van der Waals surface area (Å²) in [5, 5.41) is 6.00. The van der Waals surface area contributed by atoms with Crippen LogP contribution in [-0.4, -0.2) is 6.54 Å². The second-order valence-electron chi connectivity index (χ2n) is 6.04. The fourth-order valence-corrected chi connectivity index (χ4v) is 4.44. The van der Waals surface area contributed by atoms with E-state index in [1.807, 2.05) is 11.3 Å². The molecule has 0 spiro atoms. The maximum atomic E-state index is 3.75. The standard InChI is InChI=1S/C17H29NS/c1-4-6-14-7-9-15(10-8-14)17(18-5-2)16-11-12-19-13(16)3/h11-12,14-15,17-18H,4-10H2,1-3H3. The molecule has 1 aliphatic rings. The summed E-state index contributed by atoms with van der Waals surface area (Å²) in [6.07, 6.45) is 8.52. The zero-order valence-corrected chi connectivity index (χ0v) is 13.6. The topological polar surface area (TPSA) is 12.0 Å². The van der Waals surface area contributed by atoms with Crippen LogP contribution in [0.5, 0.6) is 0 Å². The van der Waals surface area contributed by atoms with Gasteiger partial charge in [0.05, 0.1) is 0 Å². The Balaban J connectivity index is 1.99. The molecule has 1 heterocycles. The van der Waals surface area contributed by atoms with Crippen LogP contribution in [0.25, 0.3) is 0 Å². The third-order valence-corrected chi connectivity index (χ3v) is 5.58. The van der Waals surface area contributed by atoms with Crippen LogP contribution in [0, 0.1) is 18.8 Å². The van der Waals surface area contributed by atoms with Gasteiger partial charge in [0.25, 0.3) is 0 Å². The Kier molecular flexibility index (Phi) is 5.90. The predicted molar refractivity (Wildman–Crippen MR) is 85.8 cm³/mol. The second-order valence-corrected chi connectivity index (χ2v) is 7.16. The van der Waals surface area contributed by atoms with E-state index >= 15 is 0 Å². The number of rotatable bonds is 6. The van der Waals surface area contributed by atoms with Crippen molar-refractivity contribution < 1.29 is 0 Å². The molecule has 1 saturated carbocycles. The van der Waals surface area contributed by atoms with E-state index in [4.69, 9.17) is 0 Å². The molecule has 0 radical (unpaired) electrons. The molecule has 2 heteroatoms. The average Bonchev–Trinajstić information content (AvgIpc) is 2.84. The fourth-order valence-electron chi connectivity index (χ4n) is 3.69. The second kappa shape index (κ2) is 7.44. The van der Waals surface area contributed by atoms with Gasteiger partial charge in [0, 0.05) is 10.9 Å². The fraction of sp³-hybridized carbons (Fsp3) is 0.765. The summed E-state index contributed by atoms with van der Waals surface area (Å²) in [4.78, 5) is 1.50. The summed E-state index contributed by atoms with van der Waals surface area (Å²) in [7, 11) is 0. The largest absolute Gasteiger partial charge is 0.310 e. The summed E-state index contributed by atoms with van der Waals surface area (Å²) >= 11 is 1.89. The first-order chi connectivity index (χ1) is 9.26. The number of aryl methyl sites for hydroxylation is 1. The highest BCUT2D eigenvalue weighted by Gasteiger charge is 2.28. The van der Waals surface area contributed by atoms with Crippen LogP contribution in [-0.2, 0) is 0 Å². The van der Waals surface area contributed by atoms with Gasteiger partial charge in [-0.15, -0.1) is 11.3 Å². The summed E-state index contributed by atoms with van der Waals surface area (Å²) in [6.45, 7) is 7.90. The first kappa shape index (κ1) is 15.1. The molecule has 19 heavy (non-hydrogen) atoms.